The molecule has 1 fully saturated rings. The van der Waals surface area contributed by atoms with Gasteiger partial charge in [0, 0.05) is 19.8 Å². The van der Waals surface area contributed by atoms with Crippen molar-refractivity contribution in [1.82, 2.24) is 0 Å². The van der Waals surface area contributed by atoms with Crippen LogP contribution in [-0.2, 0) is 16.1 Å². The van der Waals surface area contributed by atoms with Crippen molar-refractivity contribution in [2.45, 2.75) is 22.7 Å². The lowest BCUT2D eigenvalue weighted by Crippen LogP contribution is -2.00. The average molecular weight is 402 g/mol. The number of hydrogen-bond donors (Lipinski definition) is 1. The highest BCUT2D eigenvalue weighted by atomic mass is 79.9. The Morgan fingerprint density at radius 2 is 2.00 bits per heavy atom. The molecule has 22 heavy (non-hydrogen) atoms. The fourth-order valence-electron chi connectivity index (χ4n) is 2.24. The van der Waals surface area contributed by atoms with Gasteiger partial charge in [-0.15, -0.1) is 0 Å². The first kappa shape index (κ1) is 16.3. The fourth-order valence-corrected chi connectivity index (χ4v) is 3.98. The quantitative estimate of drug-likeness (QED) is 0.799. The van der Waals surface area contributed by atoms with Crippen molar-refractivity contribution >= 4 is 39.3 Å². The van der Waals surface area contributed by atoms with E-state index in [9.17, 15) is 5.11 Å². The zero-order valence-corrected chi connectivity index (χ0v) is 14.7. The summed E-state index contributed by atoms with van der Waals surface area (Å²) in [5, 5.41) is 10.1. The average Bonchev–Trinajstić information content (AvgIpc) is 3.05. The second kappa shape index (κ2) is 7.34. The minimum Gasteiger partial charge on any atom is -0.392 e. The van der Waals surface area contributed by atoms with Crippen LogP contribution in [0.15, 0.2) is 50.7 Å². The summed E-state index contributed by atoms with van der Waals surface area (Å²) in [7, 11) is 0. The van der Waals surface area contributed by atoms with Crippen LogP contribution >= 0.6 is 39.3 Å². The second-order valence-electron chi connectivity index (χ2n) is 4.74. The number of benzene rings is 2. The van der Waals surface area contributed by atoms with Crippen molar-refractivity contribution in [1.29, 1.82) is 0 Å². The fraction of sp³-hybridized carbons (Fsp3) is 0.250. The molecule has 2 aromatic rings. The Bertz CT molecular complexity index is 674. The molecule has 0 spiro atoms. The number of halogens is 2. The van der Waals surface area contributed by atoms with Gasteiger partial charge in [-0.2, -0.15) is 0 Å². The minimum atomic E-state index is -0.361. The first-order valence-electron chi connectivity index (χ1n) is 6.78. The smallest absolute Gasteiger partial charge is 0.185 e. The van der Waals surface area contributed by atoms with Gasteiger partial charge in [0.15, 0.2) is 6.29 Å². The molecule has 0 atom stereocenters. The Balaban J connectivity index is 1.99. The molecule has 2 aromatic carbocycles. The lowest BCUT2D eigenvalue weighted by molar-refractivity contribution is -0.0460. The third-order valence-electron chi connectivity index (χ3n) is 3.28. The van der Waals surface area contributed by atoms with E-state index in [4.69, 9.17) is 21.1 Å². The normalized spacial score (nSPS) is 15.4. The largest absolute Gasteiger partial charge is 0.392 e. The summed E-state index contributed by atoms with van der Waals surface area (Å²) in [5.41, 5.74) is 1.76. The van der Waals surface area contributed by atoms with Crippen molar-refractivity contribution in [3.63, 3.8) is 0 Å². The van der Waals surface area contributed by atoms with Gasteiger partial charge >= 0.3 is 0 Å². The Morgan fingerprint density at radius 1 is 1.23 bits per heavy atom. The summed E-state index contributed by atoms with van der Waals surface area (Å²) in [6.45, 7) is 1.13. The predicted molar refractivity (Wildman–Crippen MR) is 90.3 cm³/mol. The van der Waals surface area contributed by atoms with Gasteiger partial charge in [-0.1, -0.05) is 51.4 Å². The number of aliphatic hydroxyl groups is 1. The highest BCUT2D eigenvalue weighted by Gasteiger charge is 2.23. The molecule has 0 amide bonds. The van der Waals surface area contributed by atoms with Gasteiger partial charge < -0.3 is 14.6 Å². The molecule has 1 aliphatic rings. The lowest BCUT2D eigenvalue weighted by atomic mass is 10.2. The van der Waals surface area contributed by atoms with Crippen LogP contribution in [0.3, 0.4) is 0 Å². The van der Waals surface area contributed by atoms with E-state index in [1.165, 1.54) is 11.8 Å². The maximum absolute atomic E-state index is 9.52. The molecule has 0 unspecified atom stereocenters. The van der Waals surface area contributed by atoms with E-state index in [2.05, 4.69) is 15.9 Å². The topological polar surface area (TPSA) is 38.7 Å². The number of hydrogen-bond acceptors (Lipinski definition) is 4. The van der Waals surface area contributed by atoms with Crippen LogP contribution in [0, 0.1) is 0 Å². The third-order valence-corrected chi connectivity index (χ3v) is 5.48. The summed E-state index contributed by atoms with van der Waals surface area (Å²) >= 11 is 11.3. The maximum atomic E-state index is 9.52. The third kappa shape index (κ3) is 3.50. The van der Waals surface area contributed by atoms with Gasteiger partial charge in [-0.05, 0) is 29.8 Å². The summed E-state index contributed by atoms with van der Waals surface area (Å²) in [6, 6.07) is 11.5. The van der Waals surface area contributed by atoms with Crippen LogP contribution in [0.5, 0.6) is 0 Å². The number of rotatable bonds is 4. The first-order chi connectivity index (χ1) is 10.7. The standard InChI is InChI=1S/C16H14BrClO3S/c17-11-4-5-14(12(8-11)16-20-6-7-21-16)22-15-10(9-19)2-1-3-13(15)18/h1-5,8,16,19H,6-7,9H2. The highest BCUT2D eigenvalue weighted by molar-refractivity contribution is 9.10. The van der Waals surface area contributed by atoms with Gasteiger partial charge in [-0.25, -0.2) is 0 Å². The van der Waals surface area contributed by atoms with Crippen LogP contribution in [0.25, 0.3) is 0 Å². The Hall–Kier alpha value is -0.560. The predicted octanol–water partition coefficient (Wildman–Crippen LogP) is 4.79. The number of ether oxygens (including phenoxy) is 2. The van der Waals surface area contributed by atoms with Crippen LogP contribution in [0.2, 0.25) is 5.02 Å². The molecule has 116 valence electrons. The summed E-state index contributed by atoms with van der Waals surface area (Å²) < 4.78 is 12.2. The monoisotopic (exact) mass is 400 g/mol. The first-order valence-corrected chi connectivity index (χ1v) is 8.76. The summed E-state index contributed by atoms with van der Waals surface area (Å²) in [5.74, 6) is 0. The molecule has 0 saturated carbocycles. The maximum Gasteiger partial charge on any atom is 0.185 e. The van der Waals surface area contributed by atoms with Gasteiger partial charge in [0.1, 0.15) is 0 Å². The van der Waals surface area contributed by atoms with Crippen molar-refractivity contribution in [3.05, 3.63) is 57.0 Å². The molecule has 0 bridgehead atoms. The molecular formula is C16H14BrClO3S. The van der Waals surface area contributed by atoms with E-state index in [-0.39, 0.29) is 12.9 Å². The van der Waals surface area contributed by atoms with Crippen LogP contribution in [0.1, 0.15) is 17.4 Å². The van der Waals surface area contributed by atoms with Crippen LogP contribution < -0.4 is 0 Å². The summed E-state index contributed by atoms with van der Waals surface area (Å²) in [6.07, 6.45) is -0.361. The zero-order chi connectivity index (χ0) is 15.5. The second-order valence-corrected chi connectivity index (χ2v) is 7.12. The van der Waals surface area contributed by atoms with Gasteiger partial charge in [0.25, 0.3) is 0 Å². The molecule has 1 saturated heterocycles. The van der Waals surface area contributed by atoms with E-state index in [1.54, 1.807) is 0 Å². The molecule has 0 aliphatic carbocycles. The molecular weight excluding hydrogens is 388 g/mol. The van der Waals surface area contributed by atoms with E-state index in [1.807, 2.05) is 36.4 Å². The van der Waals surface area contributed by atoms with Gasteiger partial charge in [-0.3, -0.25) is 0 Å². The van der Waals surface area contributed by atoms with E-state index < -0.39 is 0 Å². The van der Waals surface area contributed by atoms with Crippen LogP contribution in [-0.4, -0.2) is 18.3 Å². The number of aliphatic hydroxyl groups excluding tert-OH is 1. The molecule has 6 heteroatoms. The lowest BCUT2D eigenvalue weighted by Gasteiger charge is -2.16. The Kier molecular flexibility index (Phi) is 5.44. The van der Waals surface area contributed by atoms with Crippen molar-refractivity contribution in [2.24, 2.45) is 0 Å². The van der Waals surface area contributed by atoms with Crippen LogP contribution in [0.4, 0.5) is 0 Å². The van der Waals surface area contributed by atoms with E-state index in [0.29, 0.717) is 18.2 Å². The molecule has 1 N–H and O–H groups in total. The van der Waals surface area contributed by atoms with E-state index >= 15 is 0 Å². The molecule has 1 heterocycles. The highest BCUT2D eigenvalue weighted by Crippen LogP contribution is 2.41. The van der Waals surface area contributed by atoms with Gasteiger partial charge in [0.2, 0.25) is 0 Å². The SMILES string of the molecule is OCc1cccc(Cl)c1Sc1ccc(Br)cc1C1OCCO1. The molecule has 1 aliphatic heterocycles. The summed E-state index contributed by atoms with van der Waals surface area (Å²) in [4.78, 5) is 1.85. The van der Waals surface area contributed by atoms with Crippen molar-refractivity contribution in [2.75, 3.05) is 13.2 Å². The Labute approximate surface area is 146 Å². The van der Waals surface area contributed by atoms with Crippen molar-refractivity contribution in [3.8, 4) is 0 Å². The van der Waals surface area contributed by atoms with Gasteiger partial charge in [0.05, 0.1) is 24.8 Å². The molecule has 3 rings (SSSR count). The minimum absolute atomic E-state index is 0.0504. The van der Waals surface area contributed by atoms with Crippen molar-refractivity contribution < 1.29 is 14.6 Å². The molecule has 0 aromatic heterocycles. The molecule has 3 nitrogen and oxygen atoms in total. The van der Waals surface area contributed by atoms with E-state index in [0.717, 1.165) is 25.4 Å². The zero-order valence-electron chi connectivity index (χ0n) is 11.6. The Morgan fingerprint density at radius 3 is 2.73 bits per heavy atom. The molecule has 0 radical (unpaired) electrons.